The first-order chi connectivity index (χ1) is 6.45. The highest BCUT2D eigenvalue weighted by Crippen LogP contribution is 2.28. The second-order valence-electron chi connectivity index (χ2n) is 2.80. The maximum Gasteiger partial charge on any atom is 0.433 e. The minimum atomic E-state index is -4.45. The highest BCUT2D eigenvalue weighted by atomic mass is 19.4. The third-order valence-electron chi connectivity index (χ3n) is 1.70. The Hall–Kier alpha value is -1.14. The lowest BCUT2D eigenvalue weighted by Gasteiger charge is -2.11. The standard InChI is InChI=1S/C8H9F3N2O/c1-5(13-14)6-3-2-4-7(12-6)8(9,10)11/h2-5,13-14H,1H3. The van der Waals surface area contributed by atoms with Gasteiger partial charge in [-0.25, -0.2) is 4.98 Å². The maximum absolute atomic E-state index is 12.2. The average Bonchev–Trinajstić information content (AvgIpc) is 2.15. The molecule has 0 aliphatic heterocycles. The summed E-state index contributed by atoms with van der Waals surface area (Å²) in [4.78, 5) is 3.37. The summed E-state index contributed by atoms with van der Waals surface area (Å²) in [5, 5.41) is 8.51. The van der Waals surface area contributed by atoms with Crippen LogP contribution in [0.5, 0.6) is 0 Å². The summed E-state index contributed by atoms with van der Waals surface area (Å²) in [6, 6.07) is 2.91. The van der Waals surface area contributed by atoms with Gasteiger partial charge < -0.3 is 5.21 Å². The normalized spacial score (nSPS) is 14.1. The summed E-state index contributed by atoms with van der Waals surface area (Å²) >= 11 is 0. The lowest BCUT2D eigenvalue weighted by molar-refractivity contribution is -0.141. The first-order valence-corrected chi connectivity index (χ1v) is 3.89. The molecule has 0 aromatic carbocycles. The van der Waals surface area contributed by atoms with Crippen molar-refractivity contribution in [1.29, 1.82) is 0 Å². The predicted molar refractivity (Wildman–Crippen MR) is 42.6 cm³/mol. The van der Waals surface area contributed by atoms with Gasteiger partial charge in [-0.15, -0.1) is 0 Å². The minimum Gasteiger partial charge on any atom is -0.316 e. The molecule has 1 rings (SSSR count). The summed E-state index contributed by atoms with van der Waals surface area (Å²) in [6.45, 7) is 1.50. The highest BCUT2D eigenvalue weighted by molar-refractivity contribution is 5.15. The number of aromatic nitrogens is 1. The molecule has 1 heterocycles. The maximum atomic E-state index is 12.2. The molecule has 0 aliphatic rings. The molecule has 3 nitrogen and oxygen atoms in total. The SMILES string of the molecule is CC(NO)c1cccc(C(F)(F)F)n1. The van der Waals surface area contributed by atoms with Gasteiger partial charge in [-0.2, -0.15) is 18.7 Å². The van der Waals surface area contributed by atoms with E-state index in [1.807, 2.05) is 5.48 Å². The van der Waals surface area contributed by atoms with Crippen molar-refractivity contribution in [2.75, 3.05) is 0 Å². The summed E-state index contributed by atoms with van der Waals surface area (Å²) in [5.41, 5.74) is 1.01. The van der Waals surface area contributed by atoms with Crippen molar-refractivity contribution >= 4 is 0 Å². The molecule has 0 bridgehead atoms. The molecule has 0 saturated heterocycles. The van der Waals surface area contributed by atoms with Gasteiger partial charge in [-0.05, 0) is 19.1 Å². The van der Waals surface area contributed by atoms with Gasteiger partial charge in [-0.1, -0.05) is 6.07 Å². The third kappa shape index (κ3) is 2.43. The van der Waals surface area contributed by atoms with E-state index >= 15 is 0 Å². The number of rotatable bonds is 2. The molecule has 14 heavy (non-hydrogen) atoms. The van der Waals surface area contributed by atoms with Crippen molar-refractivity contribution in [3.8, 4) is 0 Å². The van der Waals surface area contributed by atoms with Crippen LogP contribution in [-0.2, 0) is 6.18 Å². The Morgan fingerprint density at radius 2 is 2.07 bits per heavy atom. The summed E-state index contributed by atoms with van der Waals surface area (Å²) < 4.78 is 36.6. The Balaban J connectivity index is 3.01. The number of pyridine rings is 1. The van der Waals surface area contributed by atoms with Crippen molar-refractivity contribution < 1.29 is 18.4 Å². The zero-order valence-corrected chi connectivity index (χ0v) is 7.34. The van der Waals surface area contributed by atoms with E-state index in [9.17, 15) is 13.2 Å². The second-order valence-corrected chi connectivity index (χ2v) is 2.80. The molecule has 1 aromatic rings. The van der Waals surface area contributed by atoms with Crippen LogP contribution in [0.2, 0.25) is 0 Å². The highest BCUT2D eigenvalue weighted by Gasteiger charge is 2.32. The van der Waals surface area contributed by atoms with Crippen molar-refractivity contribution in [1.82, 2.24) is 10.5 Å². The molecular weight excluding hydrogens is 197 g/mol. The van der Waals surface area contributed by atoms with Crippen LogP contribution in [0.4, 0.5) is 13.2 Å². The topological polar surface area (TPSA) is 45.1 Å². The van der Waals surface area contributed by atoms with Crippen molar-refractivity contribution in [3.63, 3.8) is 0 Å². The first kappa shape index (κ1) is 10.9. The van der Waals surface area contributed by atoms with E-state index in [0.29, 0.717) is 0 Å². The monoisotopic (exact) mass is 206 g/mol. The van der Waals surface area contributed by atoms with Crippen LogP contribution >= 0.6 is 0 Å². The van der Waals surface area contributed by atoms with Crippen LogP contribution in [0.1, 0.15) is 24.4 Å². The van der Waals surface area contributed by atoms with E-state index in [0.717, 1.165) is 6.07 Å². The lowest BCUT2D eigenvalue weighted by Crippen LogP contribution is -2.17. The van der Waals surface area contributed by atoms with E-state index in [4.69, 9.17) is 5.21 Å². The Morgan fingerprint density at radius 1 is 1.43 bits per heavy atom. The molecule has 1 atom stereocenters. The third-order valence-corrected chi connectivity index (χ3v) is 1.70. The van der Waals surface area contributed by atoms with Gasteiger partial charge in [-0.3, -0.25) is 0 Å². The van der Waals surface area contributed by atoms with Gasteiger partial charge in [0, 0.05) is 0 Å². The molecule has 0 saturated carbocycles. The number of alkyl halides is 3. The van der Waals surface area contributed by atoms with Crippen molar-refractivity contribution in [2.24, 2.45) is 0 Å². The van der Waals surface area contributed by atoms with Crippen LogP contribution in [0.3, 0.4) is 0 Å². The molecule has 78 valence electrons. The lowest BCUT2D eigenvalue weighted by atomic mass is 10.2. The van der Waals surface area contributed by atoms with E-state index in [2.05, 4.69) is 4.98 Å². The smallest absolute Gasteiger partial charge is 0.316 e. The minimum absolute atomic E-state index is 0.141. The zero-order valence-electron chi connectivity index (χ0n) is 7.34. The fraction of sp³-hybridized carbons (Fsp3) is 0.375. The second kappa shape index (κ2) is 3.93. The van der Waals surface area contributed by atoms with Crippen LogP contribution in [0.15, 0.2) is 18.2 Å². The first-order valence-electron chi connectivity index (χ1n) is 3.89. The predicted octanol–water partition coefficient (Wildman–Crippen LogP) is 2.14. The zero-order chi connectivity index (χ0) is 10.8. The van der Waals surface area contributed by atoms with E-state index in [-0.39, 0.29) is 5.69 Å². The Labute approximate surface area is 78.5 Å². The molecule has 0 spiro atoms. The molecule has 1 aromatic heterocycles. The van der Waals surface area contributed by atoms with Crippen LogP contribution < -0.4 is 5.48 Å². The van der Waals surface area contributed by atoms with Crippen LogP contribution in [0.25, 0.3) is 0 Å². The van der Waals surface area contributed by atoms with Gasteiger partial charge in [0.2, 0.25) is 0 Å². The molecule has 0 fully saturated rings. The van der Waals surface area contributed by atoms with Gasteiger partial charge in [0.1, 0.15) is 5.69 Å². The van der Waals surface area contributed by atoms with Gasteiger partial charge in [0.05, 0.1) is 11.7 Å². The Kier molecular flexibility index (Phi) is 3.07. The van der Waals surface area contributed by atoms with E-state index < -0.39 is 17.9 Å². The molecule has 6 heteroatoms. The van der Waals surface area contributed by atoms with Gasteiger partial charge >= 0.3 is 6.18 Å². The number of hydrogen-bond acceptors (Lipinski definition) is 3. The molecular formula is C8H9F3N2O. The van der Waals surface area contributed by atoms with Crippen LogP contribution in [0, 0.1) is 0 Å². The number of hydrogen-bond donors (Lipinski definition) is 2. The Bertz CT molecular complexity index is 314. The molecule has 0 amide bonds. The van der Waals surface area contributed by atoms with E-state index in [1.165, 1.54) is 19.1 Å². The Morgan fingerprint density at radius 3 is 2.57 bits per heavy atom. The summed E-state index contributed by atoms with van der Waals surface area (Å²) in [6.07, 6.45) is -4.45. The van der Waals surface area contributed by atoms with Gasteiger partial charge in [0.25, 0.3) is 0 Å². The quantitative estimate of drug-likeness (QED) is 0.728. The van der Waals surface area contributed by atoms with Crippen molar-refractivity contribution in [3.05, 3.63) is 29.6 Å². The molecule has 1 unspecified atom stereocenters. The fourth-order valence-corrected chi connectivity index (χ4v) is 0.917. The number of halogens is 3. The van der Waals surface area contributed by atoms with Crippen molar-refractivity contribution in [2.45, 2.75) is 19.1 Å². The summed E-state index contributed by atoms with van der Waals surface area (Å²) in [7, 11) is 0. The average molecular weight is 206 g/mol. The molecule has 0 radical (unpaired) electrons. The number of nitrogens with one attached hydrogen (secondary N) is 1. The molecule has 0 aliphatic carbocycles. The van der Waals surface area contributed by atoms with E-state index in [1.54, 1.807) is 0 Å². The number of hydroxylamine groups is 1. The molecule has 2 N–H and O–H groups in total. The van der Waals surface area contributed by atoms with Gasteiger partial charge in [0.15, 0.2) is 0 Å². The largest absolute Gasteiger partial charge is 0.433 e. The number of nitrogens with zero attached hydrogens (tertiary/aromatic N) is 1. The van der Waals surface area contributed by atoms with Crippen LogP contribution in [-0.4, -0.2) is 10.2 Å². The summed E-state index contributed by atoms with van der Waals surface area (Å²) in [5.74, 6) is 0. The fourth-order valence-electron chi connectivity index (χ4n) is 0.917.